The van der Waals surface area contributed by atoms with E-state index in [1.807, 2.05) is 0 Å². The summed E-state index contributed by atoms with van der Waals surface area (Å²) in [6, 6.07) is 7.11. The van der Waals surface area contributed by atoms with Crippen LogP contribution in [0.2, 0.25) is 0 Å². The lowest BCUT2D eigenvalue weighted by Crippen LogP contribution is -2.19. The topological polar surface area (TPSA) is 61.6 Å². The van der Waals surface area contributed by atoms with Crippen LogP contribution in [0.25, 0.3) is 0 Å². The first-order chi connectivity index (χ1) is 7.58. The van der Waals surface area contributed by atoms with Crippen molar-refractivity contribution in [1.82, 2.24) is 0 Å². The van der Waals surface area contributed by atoms with Crippen molar-refractivity contribution in [1.29, 1.82) is 0 Å². The second-order valence-electron chi connectivity index (χ2n) is 3.93. The van der Waals surface area contributed by atoms with E-state index in [1.165, 1.54) is 0 Å². The minimum Gasteiger partial charge on any atom is -0.493 e. The molecule has 4 heteroatoms. The average Bonchev–Trinajstić information content (AvgIpc) is 2.25. The molecule has 0 fully saturated rings. The number of ether oxygens (including phenoxy) is 2. The van der Waals surface area contributed by atoms with E-state index in [9.17, 15) is 4.79 Å². The van der Waals surface area contributed by atoms with Gasteiger partial charge in [0.1, 0.15) is 11.5 Å². The van der Waals surface area contributed by atoms with E-state index in [0.29, 0.717) is 18.3 Å². The molecule has 0 unspecified atom stereocenters. The molecule has 0 bridgehead atoms. The molecule has 0 aliphatic carbocycles. The molecule has 2 N–H and O–H groups in total. The summed E-state index contributed by atoms with van der Waals surface area (Å²) >= 11 is 0. The van der Waals surface area contributed by atoms with Crippen LogP contribution in [0.4, 0.5) is 0 Å². The molecule has 0 saturated carbocycles. The van der Waals surface area contributed by atoms with Crippen molar-refractivity contribution in [2.24, 2.45) is 11.7 Å². The molecule has 0 aliphatic rings. The summed E-state index contributed by atoms with van der Waals surface area (Å²) in [5, 5.41) is 0. The van der Waals surface area contributed by atoms with Gasteiger partial charge in [-0.2, -0.15) is 0 Å². The van der Waals surface area contributed by atoms with Crippen molar-refractivity contribution >= 4 is 5.91 Å². The number of carbonyl (C=O) groups is 1. The predicted molar refractivity (Wildman–Crippen MR) is 61.5 cm³/mol. The molecule has 0 aromatic heterocycles. The Kier molecular flexibility index (Phi) is 4.64. The van der Waals surface area contributed by atoms with Gasteiger partial charge in [-0.3, -0.25) is 4.79 Å². The maximum atomic E-state index is 10.5. The van der Waals surface area contributed by atoms with Gasteiger partial charge in [0, 0.05) is 0 Å². The van der Waals surface area contributed by atoms with Crippen LogP contribution in [0, 0.1) is 5.92 Å². The summed E-state index contributed by atoms with van der Waals surface area (Å²) in [6.07, 6.45) is 0. The van der Waals surface area contributed by atoms with Gasteiger partial charge in [-0.15, -0.1) is 0 Å². The van der Waals surface area contributed by atoms with Crippen molar-refractivity contribution in [2.75, 3.05) is 13.2 Å². The number of rotatable bonds is 6. The molecule has 0 heterocycles. The highest BCUT2D eigenvalue weighted by Crippen LogP contribution is 2.17. The summed E-state index contributed by atoms with van der Waals surface area (Å²) in [7, 11) is 0. The maximum absolute atomic E-state index is 10.5. The zero-order valence-electron chi connectivity index (χ0n) is 9.60. The third-order valence-electron chi connectivity index (χ3n) is 1.79. The monoisotopic (exact) mass is 223 g/mol. The number of nitrogens with two attached hydrogens (primary N) is 1. The van der Waals surface area contributed by atoms with E-state index in [1.54, 1.807) is 24.3 Å². The van der Waals surface area contributed by atoms with Gasteiger partial charge in [-0.25, -0.2) is 0 Å². The lowest BCUT2D eigenvalue weighted by molar-refractivity contribution is -0.119. The van der Waals surface area contributed by atoms with Crippen molar-refractivity contribution < 1.29 is 14.3 Å². The second kappa shape index (κ2) is 6.00. The number of hydrogen-bond acceptors (Lipinski definition) is 3. The van der Waals surface area contributed by atoms with Crippen molar-refractivity contribution in [3.63, 3.8) is 0 Å². The van der Waals surface area contributed by atoms with Crippen molar-refractivity contribution in [3.8, 4) is 11.5 Å². The number of benzene rings is 1. The molecule has 88 valence electrons. The van der Waals surface area contributed by atoms with Crippen LogP contribution >= 0.6 is 0 Å². The van der Waals surface area contributed by atoms with Crippen LogP contribution in [-0.2, 0) is 4.79 Å². The zero-order valence-corrected chi connectivity index (χ0v) is 9.60. The second-order valence-corrected chi connectivity index (χ2v) is 3.93. The Balaban J connectivity index is 2.44. The molecule has 1 aromatic carbocycles. The first-order valence-electron chi connectivity index (χ1n) is 5.22. The fraction of sp³-hybridized carbons (Fsp3) is 0.417. The predicted octanol–water partition coefficient (Wildman–Crippen LogP) is 1.59. The van der Waals surface area contributed by atoms with E-state index in [0.717, 1.165) is 5.75 Å². The summed E-state index contributed by atoms with van der Waals surface area (Å²) in [4.78, 5) is 10.5. The lowest BCUT2D eigenvalue weighted by atomic mass is 10.2. The highest BCUT2D eigenvalue weighted by molar-refractivity contribution is 5.75. The molecule has 0 aliphatic heterocycles. The number of primary amides is 1. The van der Waals surface area contributed by atoms with Gasteiger partial charge in [0.25, 0.3) is 5.91 Å². The normalized spacial score (nSPS) is 10.2. The molecular formula is C12H17NO3. The van der Waals surface area contributed by atoms with Gasteiger partial charge in [-0.05, 0) is 30.2 Å². The number of amides is 1. The standard InChI is InChI=1S/C12H17NO3/c1-9(2)7-15-10-3-5-11(6-4-10)16-8-12(13)14/h3-6,9H,7-8H2,1-2H3,(H2,13,14). The minimum absolute atomic E-state index is 0.105. The van der Waals surface area contributed by atoms with E-state index in [2.05, 4.69) is 13.8 Å². The van der Waals surface area contributed by atoms with Gasteiger partial charge in [0.2, 0.25) is 0 Å². The number of hydrogen-bond donors (Lipinski definition) is 1. The molecule has 0 radical (unpaired) electrons. The Morgan fingerprint density at radius 3 is 2.12 bits per heavy atom. The molecule has 1 aromatic rings. The molecule has 4 nitrogen and oxygen atoms in total. The first kappa shape index (κ1) is 12.4. The third-order valence-corrected chi connectivity index (χ3v) is 1.79. The van der Waals surface area contributed by atoms with Gasteiger partial charge < -0.3 is 15.2 Å². The third kappa shape index (κ3) is 4.68. The smallest absolute Gasteiger partial charge is 0.255 e. The Morgan fingerprint density at radius 2 is 1.69 bits per heavy atom. The van der Waals surface area contributed by atoms with Crippen LogP contribution in [-0.4, -0.2) is 19.1 Å². The van der Waals surface area contributed by atoms with E-state index in [4.69, 9.17) is 15.2 Å². The minimum atomic E-state index is -0.486. The fourth-order valence-corrected chi connectivity index (χ4v) is 1.05. The van der Waals surface area contributed by atoms with Crippen LogP contribution in [0.1, 0.15) is 13.8 Å². The molecule has 1 amide bonds. The van der Waals surface area contributed by atoms with Crippen molar-refractivity contribution in [2.45, 2.75) is 13.8 Å². The highest BCUT2D eigenvalue weighted by Gasteiger charge is 1.99. The molecule has 1 rings (SSSR count). The lowest BCUT2D eigenvalue weighted by Gasteiger charge is -2.09. The van der Waals surface area contributed by atoms with Crippen LogP contribution < -0.4 is 15.2 Å². The van der Waals surface area contributed by atoms with Gasteiger partial charge >= 0.3 is 0 Å². The summed E-state index contributed by atoms with van der Waals surface area (Å²) in [6.45, 7) is 4.75. The summed E-state index contributed by atoms with van der Waals surface area (Å²) in [5.41, 5.74) is 4.96. The van der Waals surface area contributed by atoms with E-state index in [-0.39, 0.29) is 6.61 Å². The van der Waals surface area contributed by atoms with Crippen LogP contribution in [0.15, 0.2) is 24.3 Å². The van der Waals surface area contributed by atoms with E-state index >= 15 is 0 Å². The van der Waals surface area contributed by atoms with Gasteiger partial charge in [0.15, 0.2) is 6.61 Å². The van der Waals surface area contributed by atoms with E-state index < -0.39 is 5.91 Å². The maximum Gasteiger partial charge on any atom is 0.255 e. The summed E-state index contributed by atoms with van der Waals surface area (Å²) < 4.78 is 10.6. The van der Waals surface area contributed by atoms with Gasteiger partial charge in [-0.1, -0.05) is 13.8 Å². The summed E-state index contributed by atoms with van der Waals surface area (Å²) in [5.74, 6) is 1.40. The SMILES string of the molecule is CC(C)COc1ccc(OCC(N)=O)cc1. The first-order valence-corrected chi connectivity index (χ1v) is 5.22. The Morgan fingerprint density at radius 1 is 1.19 bits per heavy atom. The molecular weight excluding hydrogens is 206 g/mol. The quantitative estimate of drug-likeness (QED) is 0.796. The highest BCUT2D eigenvalue weighted by atomic mass is 16.5. The average molecular weight is 223 g/mol. The Labute approximate surface area is 95.3 Å². The number of carbonyl (C=O) groups excluding carboxylic acids is 1. The zero-order chi connectivity index (χ0) is 12.0. The van der Waals surface area contributed by atoms with Crippen LogP contribution in [0.5, 0.6) is 11.5 Å². The molecule has 16 heavy (non-hydrogen) atoms. The van der Waals surface area contributed by atoms with Gasteiger partial charge in [0.05, 0.1) is 6.61 Å². The Bertz CT molecular complexity index is 333. The molecule has 0 spiro atoms. The van der Waals surface area contributed by atoms with Crippen molar-refractivity contribution in [3.05, 3.63) is 24.3 Å². The molecule has 0 saturated heterocycles. The largest absolute Gasteiger partial charge is 0.493 e. The fourth-order valence-electron chi connectivity index (χ4n) is 1.05. The molecule has 0 atom stereocenters. The Hall–Kier alpha value is -1.71. The van der Waals surface area contributed by atoms with Crippen LogP contribution in [0.3, 0.4) is 0 Å².